The van der Waals surface area contributed by atoms with Gasteiger partial charge in [-0.15, -0.1) is 0 Å². The number of hydrogen-bond acceptors (Lipinski definition) is 4. The molecule has 1 aromatic carbocycles. The number of benzene rings is 1. The highest BCUT2D eigenvalue weighted by Crippen LogP contribution is 2.38. The predicted octanol–water partition coefficient (Wildman–Crippen LogP) is 5.28. The van der Waals surface area contributed by atoms with E-state index in [-0.39, 0.29) is 16.0 Å². The molecular formula is C20H34O4SSi. The number of hydrogen-bond donors (Lipinski definition) is 0. The van der Waals surface area contributed by atoms with Crippen LogP contribution in [-0.2, 0) is 18.7 Å². The fraction of sp³-hybridized carbons (Fsp3) is 0.700. The molecule has 148 valence electrons. The van der Waals surface area contributed by atoms with Crippen molar-refractivity contribution < 1.29 is 17.0 Å². The van der Waals surface area contributed by atoms with E-state index in [1.165, 1.54) is 0 Å². The van der Waals surface area contributed by atoms with Gasteiger partial charge in [0.25, 0.3) is 10.1 Å². The SMILES string of the molecule is Cc1ccc(S(=O)(=O)O[C@@H]2CC[C@@H](CCO[Si](C)(C)C(C)(C)C)C2)cc1. The minimum absolute atomic E-state index is 0.209. The summed E-state index contributed by atoms with van der Waals surface area (Å²) in [7, 11) is -5.38. The highest BCUT2D eigenvalue weighted by molar-refractivity contribution is 7.86. The third-order valence-corrected chi connectivity index (χ3v) is 11.8. The smallest absolute Gasteiger partial charge is 0.297 e. The number of aryl methyl sites for hydroxylation is 1. The van der Waals surface area contributed by atoms with Crippen molar-refractivity contribution in [1.82, 2.24) is 0 Å². The van der Waals surface area contributed by atoms with Gasteiger partial charge in [0.1, 0.15) is 0 Å². The summed E-state index contributed by atoms with van der Waals surface area (Å²) >= 11 is 0. The minimum Gasteiger partial charge on any atom is -0.417 e. The predicted molar refractivity (Wildman–Crippen MR) is 108 cm³/mol. The van der Waals surface area contributed by atoms with Crippen LogP contribution in [0.4, 0.5) is 0 Å². The molecule has 1 aromatic rings. The molecule has 2 rings (SSSR count). The quantitative estimate of drug-likeness (QED) is 0.463. The van der Waals surface area contributed by atoms with Gasteiger partial charge in [-0.25, -0.2) is 0 Å². The lowest BCUT2D eigenvalue weighted by Crippen LogP contribution is -2.41. The van der Waals surface area contributed by atoms with Gasteiger partial charge >= 0.3 is 0 Å². The van der Waals surface area contributed by atoms with Crippen molar-refractivity contribution in [3.8, 4) is 0 Å². The first-order chi connectivity index (χ1) is 11.9. The molecule has 26 heavy (non-hydrogen) atoms. The standard InChI is InChI=1S/C20H34O4SSi/c1-16-7-11-19(12-8-16)25(21,22)24-18-10-9-17(15-18)13-14-23-26(5,6)20(2,3)4/h7-8,11-12,17-18H,9-10,13-15H2,1-6H3/t17-,18+/m0/s1. The van der Waals surface area contributed by atoms with Crippen LogP contribution in [0, 0.1) is 12.8 Å². The zero-order valence-electron chi connectivity index (χ0n) is 17.0. The maximum absolute atomic E-state index is 12.4. The van der Waals surface area contributed by atoms with Gasteiger partial charge in [-0.3, -0.25) is 4.18 Å². The van der Waals surface area contributed by atoms with Crippen LogP contribution in [0.3, 0.4) is 0 Å². The van der Waals surface area contributed by atoms with Crippen LogP contribution in [0.1, 0.15) is 52.0 Å². The summed E-state index contributed by atoms with van der Waals surface area (Å²) in [6.07, 6.45) is 3.38. The monoisotopic (exact) mass is 398 g/mol. The lowest BCUT2D eigenvalue weighted by molar-refractivity contribution is 0.204. The second kappa shape index (κ2) is 8.13. The zero-order valence-corrected chi connectivity index (χ0v) is 18.9. The summed E-state index contributed by atoms with van der Waals surface area (Å²) in [5.74, 6) is 0.484. The van der Waals surface area contributed by atoms with Gasteiger partial charge in [0.2, 0.25) is 0 Å². The second-order valence-corrected chi connectivity index (χ2v) is 15.4. The Hall–Kier alpha value is -0.693. The molecule has 1 fully saturated rings. The van der Waals surface area contributed by atoms with Gasteiger partial charge < -0.3 is 4.43 Å². The average Bonchev–Trinajstić information content (AvgIpc) is 2.93. The van der Waals surface area contributed by atoms with E-state index < -0.39 is 18.4 Å². The molecule has 1 aliphatic rings. The van der Waals surface area contributed by atoms with E-state index in [1.54, 1.807) is 24.3 Å². The molecule has 0 heterocycles. The van der Waals surface area contributed by atoms with Gasteiger partial charge in [0, 0.05) is 6.61 Å². The molecule has 6 heteroatoms. The summed E-state index contributed by atoms with van der Waals surface area (Å²) < 4.78 is 36.6. The molecule has 0 aromatic heterocycles. The Bertz CT molecular complexity index is 690. The molecule has 1 aliphatic carbocycles. The van der Waals surface area contributed by atoms with Gasteiger partial charge in [-0.05, 0) is 68.8 Å². The maximum atomic E-state index is 12.4. The van der Waals surface area contributed by atoms with Crippen LogP contribution in [0.2, 0.25) is 18.1 Å². The van der Waals surface area contributed by atoms with E-state index in [2.05, 4.69) is 33.9 Å². The van der Waals surface area contributed by atoms with Crippen LogP contribution in [0.25, 0.3) is 0 Å². The van der Waals surface area contributed by atoms with Gasteiger partial charge in [-0.1, -0.05) is 38.5 Å². The van der Waals surface area contributed by atoms with Gasteiger partial charge in [0.15, 0.2) is 8.32 Å². The van der Waals surface area contributed by atoms with Crippen molar-refractivity contribution in [3.63, 3.8) is 0 Å². The van der Waals surface area contributed by atoms with Crippen molar-refractivity contribution >= 4 is 18.4 Å². The van der Waals surface area contributed by atoms with E-state index in [4.69, 9.17) is 8.61 Å². The Morgan fingerprint density at radius 2 is 1.73 bits per heavy atom. The highest BCUT2D eigenvalue weighted by atomic mass is 32.2. The van der Waals surface area contributed by atoms with Crippen LogP contribution in [-0.4, -0.2) is 29.4 Å². The second-order valence-electron chi connectivity index (χ2n) is 9.06. The van der Waals surface area contributed by atoms with Crippen molar-refractivity contribution in [3.05, 3.63) is 29.8 Å². The zero-order chi connectivity index (χ0) is 19.6. The molecule has 1 saturated carbocycles. The minimum atomic E-state index is -3.67. The topological polar surface area (TPSA) is 52.6 Å². The first kappa shape index (κ1) is 21.6. The molecule has 0 aliphatic heterocycles. The van der Waals surface area contributed by atoms with E-state index in [0.717, 1.165) is 37.9 Å². The Morgan fingerprint density at radius 3 is 2.31 bits per heavy atom. The van der Waals surface area contributed by atoms with Gasteiger partial charge in [-0.2, -0.15) is 8.42 Å². The molecule has 0 radical (unpaired) electrons. The van der Waals surface area contributed by atoms with Crippen molar-refractivity contribution in [1.29, 1.82) is 0 Å². The lowest BCUT2D eigenvalue weighted by atomic mass is 10.1. The molecule has 0 saturated heterocycles. The largest absolute Gasteiger partial charge is 0.417 e. The molecule has 0 N–H and O–H groups in total. The fourth-order valence-electron chi connectivity index (χ4n) is 3.02. The van der Waals surface area contributed by atoms with Crippen molar-refractivity contribution in [2.45, 2.75) is 82.5 Å². The van der Waals surface area contributed by atoms with E-state index in [9.17, 15) is 8.42 Å². The molecule has 4 nitrogen and oxygen atoms in total. The normalized spacial score (nSPS) is 21.9. The van der Waals surface area contributed by atoms with Crippen LogP contribution in [0.5, 0.6) is 0 Å². The maximum Gasteiger partial charge on any atom is 0.297 e. The van der Waals surface area contributed by atoms with Crippen LogP contribution < -0.4 is 0 Å². The van der Waals surface area contributed by atoms with Crippen molar-refractivity contribution in [2.24, 2.45) is 5.92 Å². The molecule has 0 unspecified atom stereocenters. The summed E-state index contributed by atoms with van der Waals surface area (Å²) in [6, 6.07) is 6.83. The number of rotatable bonds is 7. The Labute approximate surface area is 160 Å². The summed E-state index contributed by atoms with van der Waals surface area (Å²) in [4.78, 5) is 0.243. The summed E-state index contributed by atoms with van der Waals surface area (Å²) in [6.45, 7) is 14.0. The van der Waals surface area contributed by atoms with Crippen molar-refractivity contribution in [2.75, 3.05) is 6.61 Å². The third kappa shape index (κ3) is 5.65. The van der Waals surface area contributed by atoms with E-state index in [1.807, 2.05) is 6.92 Å². The lowest BCUT2D eigenvalue weighted by Gasteiger charge is -2.36. The molecule has 0 spiro atoms. The Morgan fingerprint density at radius 1 is 1.12 bits per heavy atom. The first-order valence-corrected chi connectivity index (χ1v) is 13.9. The molecule has 2 atom stereocenters. The van der Waals surface area contributed by atoms with Gasteiger partial charge in [0.05, 0.1) is 11.0 Å². The summed E-state index contributed by atoms with van der Waals surface area (Å²) in [5, 5.41) is 0.219. The van der Waals surface area contributed by atoms with Crippen LogP contribution in [0.15, 0.2) is 29.2 Å². The Balaban J connectivity index is 1.82. The Kier molecular flexibility index (Phi) is 6.75. The van der Waals surface area contributed by atoms with E-state index >= 15 is 0 Å². The highest BCUT2D eigenvalue weighted by Gasteiger charge is 2.37. The summed E-state index contributed by atoms with van der Waals surface area (Å²) in [5.41, 5.74) is 1.03. The first-order valence-electron chi connectivity index (χ1n) is 9.55. The van der Waals surface area contributed by atoms with E-state index in [0.29, 0.717) is 5.92 Å². The average molecular weight is 399 g/mol. The third-order valence-electron chi connectivity index (χ3n) is 5.86. The molecule has 0 amide bonds. The fourth-order valence-corrected chi connectivity index (χ4v) is 5.19. The molecular weight excluding hydrogens is 364 g/mol. The molecule has 0 bridgehead atoms. The van der Waals surface area contributed by atoms with Crippen LogP contribution >= 0.6 is 0 Å².